The number of alkyl halides is 2. The van der Waals surface area contributed by atoms with Gasteiger partial charge in [0, 0.05) is 85.7 Å². The highest BCUT2D eigenvalue weighted by molar-refractivity contribution is 5.96. The van der Waals surface area contributed by atoms with E-state index in [2.05, 4.69) is 94.3 Å². The zero-order chi connectivity index (χ0) is 52.2. The molecule has 6 fully saturated rings. The molecule has 5 saturated heterocycles. The summed E-state index contributed by atoms with van der Waals surface area (Å²) in [5.74, 6) is -0.737. The van der Waals surface area contributed by atoms with Crippen molar-refractivity contribution in [1.29, 1.82) is 0 Å². The topological polar surface area (TPSA) is 127 Å². The molecule has 15 heteroatoms. The summed E-state index contributed by atoms with van der Waals surface area (Å²) in [5.41, 5.74) is 11.0. The summed E-state index contributed by atoms with van der Waals surface area (Å²) in [6, 6.07) is 11.9. The van der Waals surface area contributed by atoms with Gasteiger partial charge in [0.05, 0.1) is 35.9 Å². The smallest absolute Gasteiger partial charge is 0.324 e. The molecule has 7 aliphatic rings. The monoisotopic (exact) mass is 1030 g/mol. The minimum absolute atomic E-state index is 0.00811. The van der Waals surface area contributed by atoms with Crippen LogP contribution in [0.15, 0.2) is 48.7 Å². The van der Waals surface area contributed by atoms with E-state index in [0.29, 0.717) is 49.5 Å². The van der Waals surface area contributed by atoms with Crippen molar-refractivity contribution in [3.8, 4) is 22.4 Å². The Morgan fingerprint density at radius 3 is 2.52 bits per heavy atom. The Kier molecular flexibility index (Phi) is 14.9. The average Bonchev–Trinajstić information content (AvgIpc) is 4.26. The number of amides is 2. The Hall–Kier alpha value is -4.96. The molecule has 1 saturated carbocycles. The second-order valence-electron chi connectivity index (χ2n) is 24.6. The van der Waals surface area contributed by atoms with Gasteiger partial charge in [0.25, 0.3) is 12.3 Å². The normalized spacial score (nSPS) is 26.6. The lowest BCUT2D eigenvalue weighted by atomic mass is 9.83. The number of ether oxygens (including phenoxy) is 1. The fraction of sp³-hybridized carbons (Fsp3) is 0.633. The Labute approximate surface area is 442 Å². The van der Waals surface area contributed by atoms with Crippen LogP contribution in [0.1, 0.15) is 140 Å². The molecule has 11 rings (SSSR count). The number of aromatic nitrogens is 2. The minimum atomic E-state index is -2.77. The van der Waals surface area contributed by atoms with E-state index in [1.807, 2.05) is 12.1 Å². The van der Waals surface area contributed by atoms with Gasteiger partial charge in [0.1, 0.15) is 12.1 Å². The van der Waals surface area contributed by atoms with Gasteiger partial charge in [0.15, 0.2) is 0 Å². The van der Waals surface area contributed by atoms with Crippen molar-refractivity contribution in [1.82, 2.24) is 40.4 Å². The predicted octanol–water partition coefficient (Wildman–Crippen LogP) is 9.02. The first-order valence-corrected chi connectivity index (χ1v) is 28.7. The molecule has 2 amide bonds. The highest BCUT2D eigenvalue weighted by Crippen LogP contribution is 2.45. The van der Waals surface area contributed by atoms with Gasteiger partial charge >= 0.3 is 5.97 Å². The highest BCUT2D eigenvalue weighted by Gasteiger charge is 2.47. The highest BCUT2D eigenvalue weighted by atomic mass is 19.3. The van der Waals surface area contributed by atoms with Crippen LogP contribution < -0.4 is 21.0 Å². The number of nitrogens with zero attached hydrogens (tertiary/aromatic N) is 6. The van der Waals surface area contributed by atoms with E-state index < -0.39 is 41.8 Å². The SMILES string of the molecule is CCn1c(-c2cc(N3CCN4CCCC[C@@H]4C3)cnc2C(C)C)c2c3cc(ccc31)-c1cc(cc(C(F)F)c1)C[C@H](NC(=O)[C@H](C1CCCC1)N1CC[C@]3(CCNC3)C1)C(=O)N1CCC[C@H](N1)C(=O)OCC(C)(C)C2. The summed E-state index contributed by atoms with van der Waals surface area (Å²) in [4.78, 5) is 57.2. The summed E-state index contributed by atoms with van der Waals surface area (Å²) in [6.07, 6.45) is 10.7. The Morgan fingerprint density at radius 1 is 0.920 bits per heavy atom. The molecule has 2 aromatic carbocycles. The van der Waals surface area contributed by atoms with Crippen LogP contribution in [-0.4, -0.2) is 132 Å². The maximum atomic E-state index is 15.3. The summed E-state index contributed by atoms with van der Waals surface area (Å²) < 4.78 is 39.2. The molecule has 6 aliphatic heterocycles. The molecule has 6 bridgehead atoms. The zero-order valence-corrected chi connectivity index (χ0v) is 45.2. The van der Waals surface area contributed by atoms with Gasteiger partial charge in [-0.25, -0.2) is 14.2 Å². The number of aryl methyl sites for hydroxylation is 1. The van der Waals surface area contributed by atoms with Crippen molar-refractivity contribution in [2.75, 3.05) is 70.4 Å². The van der Waals surface area contributed by atoms with E-state index in [9.17, 15) is 4.79 Å². The van der Waals surface area contributed by atoms with Gasteiger partial charge in [-0.2, -0.15) is 0 Å². The van der Waals surface area contributed by atoms with Crippen molar-refractivity contribution in [3.63, 3.8) is 0 Å². The molecule has 1 spiro atoms. The molecular formula is C60H81F2N9O4. The number of nitrogens with one attached hydrogen (secondary N) is 3. The van der Waals surface area contributed by atoms with Crippen LogP contribution in [0.2, 0.25) is 0 Å². The number of hydrogen-bond acceptors (Lipinski definition) is 10. The van der Waals surface area contributed by atoms with Gasteiger partial charge in [-0.15, -0.1) is 0 Å². The lowest BCUT2D eigenvalue weighted by Gasteiger charge is -2.45. The van der Waals surface area contributed by atoms with E-state index >= 15 is 18.4 Å². The summed E-state index contributed by atoms with van der Waals surface area (Å²) in [6.45, 7) is 19.6. The van der Waals surface area contributed by atoms with Crippen LogP contribution in [0, 0.1) is 16.7 Å². The van der Waals surface area contributed by atoms with Crippen LogP contribution in [0.5, 0.6) is 0 Å². The van der Waals surface area contributed by atoms with Crippen LogP contribution in [0.25, 0.3) is 33.3 Å². The van der Waals surface area contributed by atoms with Crippen molar-refractivity contribution in [3.05, 3.63) is 71.0 Å². The molecular weight excluding hydrogens is 949 g/mol. The molecule has 0 radical (unpaired) electrons. The van der Waals surface area contributed by atoms with E-state index in [4.69, 9.17) is 9.72 Å². The molecule has 13 nitrogen and oxygen atoms in total. The molecule has 1 aliphatic carbocycles. The molecule has 75 heavy (non-hydrogen) atoms. The van der Waals surface area contributed by atoms with Gasteiger partial charge in [-0.05, 0) is 148 Å². The second kappa shape index (κ2) is 21.5. The fourth-order valence-corrected chi connectivity index (χ4v) is 14.4. The number of cyclic esters (lactones) is 1. The average molecular weight is 1030 g/mol. The van der Waals surface area contributed by atoms with E-state index in [-0.39, 0.29) is 41.7 Å². The summed E-state index contributed by atoms with van der Waals surface area (Å²) in [7, 11) is 0. The first-order valence-electron chi connectivity index (χ1n) is 28.7. The maximum absolute atomic E-state index is 15.3. The van der Waals surface area contributed by atoms with Crippen LogP contribution in [0.4, 0.5) is 14.5 Å². The number of anilines is 1. The maximum Gasteiger partial charge on any atom is 0.324 e. The first-order chi connectivity index (χ1) is 36.2. The minimum Gasteiger partial charge on any atom is -0.464 e. The number of benzene rings is 2. The van der Waals surface area contributed by atoms with Gasteiger partial charge in [-0.3, -0.25) is 34.2 Å². The number of piperidine rings is 1. The van der Waals surface area contributed by atoms with Crippen molar-refractivity contribution in [2.24, 2.45) is 16.7 Å². The molecule has 5 atom stereocenters. The lowest BCUT2D eigenvalue weighted by molar-refractivity contribution is -0.155. The molecule has 3 N–H and O–H groups in total. The number of piperazine rings is 1. The third kappa shape index (κ3) is 10.6. The Balaban J connectivity index is 1.02. The number of pyridine rings is 1. The first kappa shape index (κ1) is 52.1. The second-order valence-corrected chi connectivity index (χ2v) is 24.6. The molecule has 404 valence electrons. The fourth-order valence-electron chi connectivity index (χ4n) is 14.4. The molecule has 8 heterocycles. The van der Waals surface area contributed by atoms with Crippen LogP contribution in [-0.2, 0) is 38.5 Å². The largest absolute Gasteiger partial charge is 0.464 e. The third-order valence-corrected chi connectivity index (χ3v) is 18.4. The van der Waals surface area contributed by atoms with Crippen molar-refractivity contribution >= 4 is 34.4 Å². The molecule has 2 aromatic heterocycles. The number of carbonyl (C=O) groups is 3. The van der Waals surface area contributed by atoms with Crippen molar-refractivity contribution < 1.29 is 27.9 Å². The standard InChI is InChI=1S/C60H81F2N9O4/c1-6-70-51-17-16-41-30-46(51)48(54(70)47-31-45(33-64-52(47)38(2)3)68-25-24-67-21-10-9-14-44(67)34-68)32-59(4,5)37-75-58(74)49-15-11-22-71(66-49)57(73)50(28-39-26-42(41)29-43(27-39)55(61)62)65-56(72)53(40-12-7-8-13-40)69-23-19-60(36-69)18-20-63-35-60/h16-17,26-27,29-31,33,38,40,44,49-50,53,55,63,66H,6-15,18-25,28,32,34-37H2,1-5H3,(H,65,72)/t44-,49+,50+,53+,60+/m1/s1. The predicted molar refractivity (Wildman–Crippen MR) is 291 cm³/mol. The third-order valence-electron chi connectivity index (χ3n) is 18.4. The van der Waals surface area contributed by atoms with E-state index in [0.717, 1.165) is 129 Å². The zero-order valence-electron chi connectivity index (χ0n) is 45.2. The molecule has 0 unspecified atom stereocenters. The number of halogens is 2. The van der Waals surface area contributed by atoms with Crippen molar-refractivity contribution in [2.45, 2.75) is 161 Å². The summed E-state index contributed by atoms with van der Waals surface area (Å²) in [5, 5.41) is 9.28. The number of carbonyl (C=O) groups excluding carboxylic acids is 3. The molecule has 4 aromatic rings. The summed E-state index contributed by atoms with van der Waals surface area (Å²) >= 11 is 0. The number of likely N-dealkylation sites (tertiary alicyclic amines) is 1. The lowest BCUT2D eigenvalue weighted by Crippen LogP contribution is -2.62. The number of hydrazine groups is 1. The Morgan fingerprint density at radius 2 is 1.75 bits per heavy atom. The van der Waals surface area contributed by atoms with Gasteiger partial charge in [0.2, 0.25) is 5.91 Å². The number of fused-ring (bicyclic) bond motifs is 7. The van der Waals surface area contributed by atoms with Gasteiger partial charge < -0.3 is 24.8 Å². The van der Waals surface area contributed by atoms with Crippen LogP contribution >= 0.6 is 0 Å². The number of esters is 1. The van der Waals surface area contributed by atoms with Gasteiger partial charge in [-0.1, -0.05) is 65.2 Å². The quantitative estimate of drug-likeness (QED) is 0.140. The van der Waals surface area contributed by atoms with E-state index in [1.165, 1.54) is 36.9 Å². The number of rotatable bonds is 9. The van der Waals surface area contributed by atoms with E-state index in [1.54, 1.807) is 6.07 Å². The number of hydrogen-bond donors (Lipinski definition) is 3. The van der Waals surface area contributed by atoms with Crippen LogP contribution in [0.3, 0.4) is 0 Å². The Bertz CT molecular complexity index is 2760.